The van der Waals surface area contributed by atoms with Crippen LogP contribution in [0.15, 0.2) is 41.5 Å². The van der Waals surface area contributed by atoms with E-state index in [-0.39, 0.29) is 17.0 Å². The summed E-state index contributed by atoms with van der Waals surface area (Å²) in [6.07, 6.45) is 1.42. The van der Waals surface area contributed by atoms with Crippen molar-refractivity contribution < 1.29 is 0 Å². The van der Waals surface area contributed by atoms with Gasteiger partial charge in [-0.1, -0.05) is 18.2 Å². The second kappa shape index (κ2) is 3.44. The van der Waals surface area contributed by atoms with Crippen LogP contribution in [0.2, 0.25) is 0 Å². The molecule has 0 saturated heterocycles. The normalized spacial score (nSPS) is 10.8. The predicted molar refractivity (Wildman–Crippen MR) is 63.9 cm³/mol. The summed E-state index contributed by atoms with van der Waals surface area (Å²) in [7, 11) is 0. The van der Waals surface area contributed by atoms with E-state index in [1.54, 1.807) is 12.1 Å². The molecule has 3 N–H and O–H groups in total. The molecule has 84 valence electrons. The average molecular weight is 227 g/mol. The SMILES string of the molecule is Nc1nc2[nH]cnc2c(=O)n1-c1ccccc1. The van der Waals surface area contributed by atoms with Gasteiger partial charge in [-0.2, -0.15) is 4.98 Å². The van der Waals surface area contributed by atoms with Crippen molar-refractivity contribution >= 4 is 17.1 Å². The summed E-state index contributed by atoms with van der Waals surface area (Å²) < 4.78 is 1.34. The molecule has 0 radical (unpaired) electrons. The number of H-pyrrole nitrogens is 1. The number of nitrogens with one attached hydrogen (secondary N) is 1. The second-order valence-corrected chi connectivity index (χ2v) is 3.55. The fourth-order valence-electron chi connectivity index (χ4n) is 1.73. The molecule has 0 fully saturated rings. The van der Waals surface area contributed by atoms with Gasteiger partial charge in [0.2, 0.25) is 5.95 Å². The highest BCUT2D eigenvalue weighted by atomic mass is 16.1. The molecule has 0 amide bonds. The fourth-order valence-corrected chi connectivity index (χ4v) is 1.73. The quantitative estimate of drug-likeness (QED) is 0.640. The summed E-state index contributed by atoms with van der Waals surface area (Å²) in [5, 5.41) is 0. The molecular weight excluding hydrogens is 218 g/mol. The van der Waals surface area contributed by atoms with Crippen LogP contribution in [-0.2, 0) is 0 Å². The lowest BCUT2D eigenvalue weighted by Crippen LogP contribution is -2.23. The molecular formula is C11H9N5O. The minimum atomic E-state index is -0.278. The number of nitrogen functional groups attached to an aromatic ring is 1. The molecule has 3 rings (SSSR count). The molecule has 0 aliphatic heterocycles. The van der Waals surface area contributed by atoms with Crippen molar-refractivity contribution in [2.75, 3.05) is 5.73 Å². The first kappa shape index (κ1) is 9.59. The molecule has 0 spiro atoms. The van der Waals surface area contributed by atoms with Crippen LogP contribution < -0.4 is 11.3 Å². The van der Waals surface area contributed by atoms with Gasteiger partial charge in [0.25, 0.3) is 5.56 Å². The Bertz CT molecular complexity index is 728. The number of anilines is 1. The smallest absolute Gasteiger partial charge is 0.287 e. The van der Waals surface area contributed by atoms with E-state index in [0.29, 0.717) is 11.3 Å². The summed E-state index contributed by atoms with van der Waals surface area (Å²) >= 11 is 0. The summed E-state index contributed by atoms with van der Waals surface area (Å²) in [5.41, 5.74) is 6.86. The first-order valence-corrected chi connectivity index (χ1v) is 5.04. The lowest BCUT2D eigenvalue weighted by Gasteiger charge is -2.07. The van der Waals surface area contributed by atoms with Gasteiger partial charge in [-0.05, 0) is 12.1 Å². The Hall–Kier alpha value is -2.63. The molecule has 6 heteroatoms. The van der Waals surface area contributed by atoms with Crippen molar-refractivity contribution in [1.82, 2.24) is 19.5 Å². The summed E-state index contributed by atoms with van der Waals surface area (Å²) in [5.74, 6) is 0.137. The first-order chi connectivity index (χ1) is 8.27. The third kappa shape index (κ3) is 1.38. The van der Waals surface area contributed by atoms with Crippen LogP contribution in [0, 0.1) is 0 Å². The zero-order chi connectivity index (χ0) is 11.8. The lowest BCUT2D eigenvalue weighted by atomic mass is 10.3. The van der Waals surface area contributed by atoms with Gasteiger partial charge < -0.3 is 10.7 Å². The summed E-state index contributed by atoms with van der Waals surface area (Å²) in [6.45, 7) is 0. The number of hydrogen-bond acceptors (Lipinski definition) is 4. The summed E-state index contributed by atoms with van der Waals surface area (Å²) in [4.78, 5) is 23.0. The number of rotatable bonds is 1. The van der Waals surface area contributed by atoms with Crippen molar-refractivity contribution in [3.8, 4) is 5.69 Å². The van der Waals surface area contributed by atoms with Gasteiger partial charge in [0.1, 0.15) is 0 Å². The van der Waals surface area contributed by atoms with Crippen LogP contribution in [0.5, 0.6) is 0 Å². The molecule has 0 saturated carbocycles. The highest BCUT2D eigenvalue weighted by molar-refractivity contribution is 5.70. The van der Waals surface area contributed by atoms with Crippen molar-refractivity contribution in [1.29, 1.82) is 0 Å². The van der Waals surface area contributed by atoms with Crippen LogP contribution in [0.25, 0.3) is 16.9 Å². The van der Waals surface area contributed by atoms with E-state index in [1.807, 2.05) is 18.2 Å². The highest BCUT2D eigenvalue weighted by Crippen LogP contribution is 2.10. The summed E-state index contributed by atoms with van der Waals surface area (Å²) in [6, 6.07) is 9.10. The van der Waals surface area contributed by atoms with Crippen LogP contribution >= 0.6 is 0 Å². The van der Waals surface area contributed by atoms with Crippen LogP contribution in [0.3, 0.4) is 0 Å². The molecule has 6 nitrogen and oxygen atoms in total. The van der Waals surface area contributed by atoms with Crippen LogP contribution in [0.4, 0.5) is 5.95 Å². The van der Waals surface area contributed by atoms with E-state index in [4.69, 9.17) is 5.73 Å². The Kier molecular flexibility index (Phi) is 1.94. The maximum atomic E-state index is 12.2. The maximum absolute atomic E-state index is 12.2. The van der Waals surface area contributed by atoms with E-state index in [1.165, 1.54) is 10.9 Å². The molecule has 2 heterocycles. The molecule has 1 aromatic carbocycles. The van der Waals surface area contributed by atoms with Gasteiger partial charge in [-0.15, -0.1) is 0 Å². The molecule has 0 atom stereocenters. The molecule has 17 heavy (non-hydrogen) atoms. The van der Waals surface area contributed by atoms with E-state index < -0.39 is 0 Å². The highest BCUT2D eigenvalue weighted by Gasteiger charge is 2.11. The van der Waals surface area contributed by atoms with Crippen molar-refractivity contribution in [3.05, 3.63) is 47.0 Å². The molecule has 0 aliphatic rings. The number of imidazole rings is 1. The second-order valence-electron chi connectivity index (χ2n) is 3.55. The van der Waals surface area contributed by atoms with Crippen molar-refractivity contribution in [2.45, 2.75) is 0 Å². The first-order valence-electron chi connectivity index (χ1n) is 5.04. The average Bonchev–Trinajstić information content (AvgIpc) is 2.78. The van der Waals surface area contributed by atoms with Gasteiger partial charge >= 0.3 is 0 Å². The van der Waals surface area contributed by atoms with E-state index >= 15 is 0 Å². The van der Waals surface area contributed by atoms with Gasteiger partial charge in [0.05, 0.1) is 12.0 Å². The minimum absolute atomic E-state index is 0.137. The van der Waals surface area contributed by atoms with E-state index in [9.17, 15) is 4.79 Å². The van der Waals surface area contributed by atoms with E-state index in [2.05, 4.69) is 15.0 Å². The number of benzene rings is 1. The Labute approximate surface area is 95.7 Å². The Balaban J connectivity index is 2.40. The molecule has 3 aromatic rings. The molecule has 0 bridgehead atoms. The maximum Gasteiger partial charge on any atom is 0.287 e. The number of nitrogens with two attached hydrogens (primary N) is 1. The van der Waals surface area contributed by atoms with Crippen molar-refractivity contribution in [2.24, 2.45) is 0 Å². The number of aromatic nitrogens is 4. The number of hydrogen-bond donors (Lipinski definition) is 2. The number of para-hydroxylation sites is 1. The fraction of sp³-hybridized carbons (Fsp3) is 0. The third-order valence-electron chi connectivity index (χ3n) is 2.49. The molecule has 2 aromatic heterocycles. The third-order valence-corrected chi connectivity index (χ3v) is 2.49. The topological polar surface area (TPSA) is 89.6 Å². The zero-order valence-corrected chi connectivity index (χ0v) is 8.79. The zero-order valence-electron chi connectivity index (χ0n) is 8.79. The van der Waals surface area contributed by atoms with Crippen LogP contribution in [-0.4, -0.2) is 19.5 Å². The largest absolute Gasteiger partial charge is 0.369 e. The Morgan fingerprint density at radius 2 is 2.00 bits per heavy atom. The lowest BCUT2D eigenvalue weighted by molar-refractivity contribution is 0.976. The number of aromatic amines is 1. The van der Waals surface area contributed by atoms with Gasteiger partial charge in [-0.25, -0.2) is 9.55 Å². The van der Waals surface area contributed by atoms with Crippen molar-refractivity contribution in [3.63, 3.8) is 0 Å². The molecule has 0 unspecified atom stereocenters. The monoisotopic (exact) mass is 227 g/mol. The minimum Gasteiger partial charge on any atom is -0.369 e. The van der Waals surface area contributed by atoms with E-state index in [0.717, 1.165) is 0 Å². The predicted octanol–water partition coefficient (Wildman–Crippen LogP) is 0.691. The Morgan fingerprint density at radius 3 is 2.76 bits per heavy atom. The van der Waals surface area contributed by atoms with Gasteiger partial charge in [0, 0.05) is 0 Å². The van der Waals surface area contributed by atoms with Crippen LogP contribution in [0.1, 0.15) is 0 Å². The Morgan fingerprint density at radius 1 is 1.24 bits per heavy atom. The molecule has 0 aliphatic carbocycles. The number of nitrogens with zero attached hydrogens (tertiary/aromatic N) is 3. The van der Waals surface area contributed by atoms with Gasteiger partial charge in [-0.3, -0.25) is 4.79 Å². The van der Waals surface area contributed by atoms with Gasteiger partial charge in [0.15, 0.2) is 11.2 Å². The number of fused-ring (bicyclic) bond motifs is 1. The standard InChI is InChI=1S/C11H9N5O/c12-11-15-9-8(13-6-14-9)10(17)16(11)7-4-2-1-3-5-7/h1-6H,(H2,12,15)(H,13,14).